The molecule has 3 nitrogen and oxygen atoms in total. The molecule has 0 aromatic heterocycles. The molecular formula is C18H16O3. The fraction of sp³-hybridized carbons (Fsp3) is 0.278. The lowest BCUT2D eigenvalue weighted by molar-refractivity contribution is -0.148. The molecule has 0 bridgehead atoms. The molecule has 0 N–H and O–H groups in total. The number of hydrogen-bond donors (Lipinski definition) is 0. The second kappa shape index (κ2) is 5.01. The molecule has 2 aliphatic rings. The van der Waals surface area contributed by atoms with Gasteiger partial charge in [0.1, 0.15) is 6.10 Å². The third-order valence-electron chi connectivity index (χ3n) is 4.42. The van der Waals surface area contributed by atoms with Gasteiger partial charge in [-0.25, -0.2) is 0 Å². The molecular weight excluding hydrogens is 264 g/mol. The number of carbonyl (C=O) groups excluding carboxylic acids is 1. The van der Waals surface area contributed by atoms with Gasteiger partial charge in [-0.15, -0.1) is 0 Å². The van der Waals surface area contributed by atoms with E-state index >= 15 is 0 Å². The van der Waals surface area contributed by atoms with Crippen LogP contribution in [0.25, 0.3) is 0 Å². The maximum atomic E-state index is 12.3. The van der Waals surface area contributed by atoms with Crippen molar-refractivity contribution >= 4 is 5.97 Å². The number of fused-ring (bicyclic) bond motifs is 1. The molecule has 0 aliphatic carbocycles. The van der Waals surface area contributed by atoms with E-state index in [9.17, 15) is 4.79 Å². The summed E-state index contributed by atoms with van der Waals surface area (Å²) >= 11 is 0. The van der Waals surface area contributed by atoms with E-state index < -0.39 is 0 Å². The predicted octanol–water partition coefficient (Wildman–Crippen LogP) is 3.29. The van der Waals surface area contributed by atoms with Crippen LogP contribution in [0.3, 0.4) is 0 Å². The number of carbonyl (C=O) groups is 1. The van der Waals surface area contributed by atoms with Crippen LogP contribution in [0.4, 0.5) is 0 Å². The van der Waals surface area contributed by atoms with Gasteiger partial charge in [0.15, 0.2) is 0 Å². The van der Waals surface area contributed by atoms with E-state index in [1.165, 1.54) is 0 Å². The molecule has 4 rings (SSSR count). The Hall–Kier alpha value is -2.13. The summed E-state index contributed by atoms with van der Waals surface area (Å²) in [5.74, 6) is -0.233. The average molecular weight is 280 g/mol. The van der Waals surface area contributed by atoms with Crippen LogP contribution in [0.1, 0.15) is 23.3 Å². The Balaban J connectivity index is 1.65. The second-order valence-electron chi connectivity index (χ2n) is 5.62. The maximum absolute atomic E-state index is 12.3. The fourth-order valence-corrected chi connectivity index (χ4v) is 3.42. The van der Waals surface area contributed by atoms with Crippen molar-refractivity contribution in [3.05, 3.63) is 71.8 Å². The molecule has 0 saturated carbocycles. The summed E-state index contributed by atoms with van der Waals surface area (Å²) in [6, 6.07) is 19.9. The topological polar surface area (TPSA) is 35.5 Å². The van der Waals surface area contributed by atoms with Gasteiger partial charge < -0.3 is 9.47 Å². The lowest BCUT2D eigenvalue weighted by Crippen LogP contribution is -2.17. The van der Waals surface area contributed by atoms with Crippen molar-refractivity contribution in [1.29, 1.82) is 0 Å². The van der Waals surface area contributed by atoms with Crippen molar-refractivity contribution in [3.63, 3.8) is 0 Å². The molecule has 106 valence electrons. The summed E-state index contributed by atoms with van der Waals surface area (Å²) in [4.78, 5) is 12.3. The highest BCUT2D eigenvalue weighted by molar-refractivity contribution is 5.77. The van der Waals surface area contributed by atoms with Gasteiger partial charge >= 0.3 is 5.97 Å². The van der Waals surface area contributed by atoms with Gasteiger partial charge in [-0.3, -0.25) is 4.79 Å². The van der Waals surface area contributed by atoms with Crippen LogP contribution in [0, 0.1) is 11.8 Å². The molecule has 0 spiro atoms. The molecule has 2 saturated heterocycles. The first-order valence-corrected chi connectivity index (χ1v) is 7.26. The second-order valence-corrected chi connectivity index (χ2v) is 5.62. The van der Waals surface area contributed by atoms with Gasteiger partial charge in [0, 0.05) is 5.92 Å². The SMILES string of the molecule is O=C1OC(c2ccccc2)C2COC(c3ccccc3)C12. The van der Waals surface area contributed by atoms with Gasteiger partial charge in [-0.05, 0) is 11.1 Å². The average Bonchev–Trinajstić information content (AvgIpc) is 3.11. The Labute approximate surface area is 123 Å². The zero-order valence-electron chi connectivity index (χ0n) is 11.5. The largest absolute Gasteiger partial charge is 0.457 e. The third kappa shape index (κ3) is 2.05. The van der Waals surface area contributed by atoms with Crippen molar-refractivity contribution in [2.24, 2.45) is 11.8 Å². The van der Waals surface area contributed by atoms with Gasteiger partial charge in [0.2, 0.25) is 0 Å². The number of benzene rings is 2. The fourth-order valence-electron chi connectivity index (χ4n) is 3.42. The summed E-state index contributed by atoms with van der Waals surface area (Å²) in [6.07, 6.45) is -0.366. The highest BCUT2D eigenvalue weighted by atomic mass is 16.6. The minimum Gasteiger partial charge on any atom is -0.457 e. The van der Waals surface area contributed by atoms with E-state index in [-0.39, 0.29) is 30.0 Å². The molecule has 2 aliphatic heterocycles. The van der Waals surface area contributed by atoms with E-state index in [1.807, 2.05) is 60.7 Å². The molecule has 2 aromatic rings. The highest BCUT2D eigenvalue weighted by Gasteiger charge is 2.54. The smallest absolute Gasteiger partial charge is 0.313 e. The van der Waals surface area contributed by atoms with E-state index in [4.69, 9.17) is 9.47 Å². The summed E-state index contributed by atoms with van der Waals surface area (Å²) in [7, 11) is 0. The number of rotatable bonds is 2. The summed E-state index contributed by atoms with van der Waals surface area (Å²) in [6.45, 7) is 0.565. The van der Waals surface area contributed by atoms with Crippen LogP contribution in [0.2, 0.25) is 0 Å². The van der Waals surface area contributed by atoms with Crippen LogP contribution in [0.5, 0.6) is 0 Å². The van der Waals surface area contributed by atoms with Crippen molar-refractivity contribution in [1.82, 2.24) is 0 Å². The van der Waals surface area contributed by atoms with Gasteiger partial charge in [0.25, 0.3) is 0 Å². The van der Waals surface area contributed by atoms with Crippen LogP contribution in [-0.2, 0) is 14.3 Å². The van der Waals surface area contributed by atoms with Crippen LogP contribution >= 0.6 is 0 Å². The Morgan fingerprint density at radius 2 is 1.38 bits per heavy atom. The van der Waals surface area contributed by atoms with E-state index in [0.717, 1.165) is 11.1 Å². The Morgan fingerprint density at radius 1 is 0.810 bits per heavy atom. The zero-order valence-corrected chi connectivity index (χ0v) is 11.5. The normalized spacial score (nSPS) is 31.0. The monoisotopic (exact) mass is 280 g/mol. The highest BCUT2D eigenvalue weighted by Crippen LogP contribution is 2.50. The van der Waals surface area contributed by atoms with E-state index in [2.05, 4.69) is 0 Å². The summed E-state index contributed by atoms with van der Waals surface area (Å²) in [5, 5.41) is 0. The quantitative estimate of drug-likeness (QED) is 0.792. The summed E-state index contributed by atoms with van der Waals surface area (Å²) < 4.78 is 11.6. The Kier molecular flexibility index (Phi) is 3.00. The van der Waals surface area contributed by atoms with Gasteiger partial charge in [0.05, 0.1) is 18.6 Å². The van der Waals surface area contributed by atoms with Crippen molar-refractivity contribution < 1.29 is 14.3 Å². The van der Waals surface area contributed by atoms with E-state index in [0.29, 0.717) is 6.61 Å². The Morgan fingerprint density at radius 3 is 2.00 bits per heavy atom. The zero-order chi connectivity index (χ0) is 14.2. The molecule has 2 aromatic carbocycles. The lowest BCUT2D eigenvalue weighted by Gasteiger charge is -2.14. The molecule has 21 heavy (non-hydrogen) atoms. The number of esters is 1. The molecule has 2 fully saturated rings. The van der Waals surface area contributed by atoms with E-state index in [1.54, 1.807) is 0 Å². The van der Waals surface area contributed by atoms with Crippen LogP contribution in [-0.4, -0.2) is 12.6 Å². The molecule has 4 atom stereocenters. The molecule has 4 unspecified atom stereocenters. The van der Waals surface area contributed by atoms with Gasteiger partial charge in [-0.1, -0.05) is 60.7 Å². The molecule has 3 heteroatoms. The van der Waals surface area contributed by atoms with Crippen LogP contribution in [0.15, 0.2) is 60.7 Å². The molecule has 0 amide bonds. The maximum Gasteiger partial charge on any atom is 0.313 e. The van der Waals surface area contributed by atoms with Crippen molar-refractivity contribution in [3.8, 4) is 0 Å². The number of ether oxygens (including phenoxy) is 2. The first-order chi connectivity index (χ1) is 10.3. The first kappa shape index (κ1) is 12.6. The number of cyclic esters (lactones) is 1. The minimum absolute atomic E-state index is 0.102. The third-order valence-corrected chi connectivity index (χ3v) is 4.42. The number of hydrogen-bond acceptors (Lipinski definition) is 3. The van der Waals surface area contributed by atoms with Crippen LogP contribution < -0.4 is 0 Å². The molecule has 2 heterocycles. The lowest BCUT2D eigenvalue weighted by atomic mass is 9.84. The van der Waals surface area contributed by atoms with Gasteiger partial charge in [-0.2, -0.15) is 0 Å². The summed E-state index contributed by atoms with van der Waals surface area (Å²) in [5.41, 5.74) is 2.10. The van der Waals surface area contributed by atoms with Crippen molar-refractivity contribution in [2.45, 2.75) is 12.2 Å². The van der Waals surface area contributed by atoms with Crippen molar-refractivity contribution in [2.75, 3.05) is 6.61 Å². The first-order valence-electron chi connectivity index (χ1n) is 7.26. The predicted molar refractivity (Wildman–Crippen MR) is 77.4 cm³/mol. The Bertz CT molecular complexity index is 601. The minimum atomic E-state index is -0.197. The molecule has 0 radical (unpaired) electrons. The standard InChI is InChI=1S/C18H16O3/c19-18-15-14(16(21-18)12-7-3-1-4-8-12)11-20-17(15)13-9-5-2-6-10-13/h1-10,14-17H,11H2.